The lowest BCUT2D eigenvalue weighted by Crippen LogP contribution is -2.12. The summed E-state index contributed by atoms with van der Waals surface area (Å²) in [4.78, 5) is 23.1. The predicted molar refractivity (Wildman–Crippen MR) is 86.7 cm³/mol. The maximum Gasteiger partial charge on any atom is 0.255 e. The zero-order valence-electron chi connectivity index (χ0n) is 12.1. The summed E-state index contributed by atoms with van der Waals surface area (Å²) in [6.45, 7) is 1.43. The third-order valence-corrected chi connectivity index (χ3v) is 3.17. The van der Waals surface area contributed by atoms with Gasteiger partial charge in [-0.25, -0.2) is 0 Å². The highest BCUT2D eigenvalue weighted by molar-refractivity contribution is 6.32. The average molecular weight is 319 g/mol. The quantitative estimate of drug-likeness (QED) is 0.905. The summed E-state index contributed by atoms with van der Waals surface area (Å²) >= 11 is 6.00. The van der Waals surface area contributed by atoms with Crippen LogP contribution in [0.25, 0.3) is 0 Å². The second kappa shape index (κ2) is 6.95. The topological polar surface area (TPSA) is 67.4 Å². The Balaban J connectivity index is 2.08. The van der Waals surface area contributed by atoms with Gasteiger partial charge in [-0.15, -0.1) is 0 Å². The molecule has 2 rings (SSSR count). The van der Waals surface area contributed by atoms with Crippen molar-refractivity contribution in [1.29, 1.82) is 0 Å². The van der Waals surface area contributed by atoms with Crippen molar-refractivity contribution < 1.29 is 14.3 Å². The van der Waals surface area contributed by atoms with Gasteiger partial charge in [0.15, 0.2) is 0 Å². The van der Waals surface area contributed by atoms with Gasteiger partial charge in [-0.2, -0.15) is 0 Å². The molecule has 0 saturated carbocycles. The van der Waals surface area contributed by atoms with Crippen molar-refractivity contribution in [1.82, 2.24) is 0 Å². The summed E-state index contributed by atoms with van der Waals surface area (Å²) in [6, 6.07) is 11.6. The van der Waals surface area contributed by atoms with Crippen molar-refractivity contribution in [3.05, 3.63) is 53.1 Å². The Hall–Kier alpha value is -2.53. The number of ether oxygens (including phenoxy) is 1. The second-order valence-corrected chi connectivity index (χ2v) is 4.97. The van der Waals surface area contributed by atoms with Gasteiger partial charge in [0, 0.05) is 23.9 Å². The van der Waals surface area contributed by atoms with Crippen molar-refractivity contribution >= 4 is 34.8 Å². The highest BCUT2D eigenvalue weighted by atomic mass is 35.5. The Morgan fingerprint density at radius 1 is 1.00 bits per heavy atom. The lowest BCUT2D eigenvalue weighted by atomic mass is 10.2. The number of hydrogen-bond acceptors (Lipinski definition) is 3. The van der Waals surface area contributed by atoms with Crippen LogP contribution in [0.5, 0.6) is 5.75 Å². The molecule has 2 aromatic carbocycles. The Labute approximate surface area is 133 Å². The molecule has 5 nitrogen and oxygen atoms in total. The molecule has 2 amide bonds. The molecular formula is C16H15ClN2O3. The highest BCUT2D eigenvalue weighted by Gasteiger charge is 2.09. The van der Waals surface area contributed by atoms with Gasteiger partial charge >= 0.3 is 0 Å². The lowest BCUT2D eigenvalue weighted by molar-refractivity contribution is -0.114. The maximum atomic E-state index is 12.1. The van der Waals surface area contributed by atoms with Gasteiger partial charge in [-0.05, 0) is 42.5 Å². The number of carbonyl (C=O) groups is 2. The van der Waals surface area contributed by atoms with Crippen LogP contribution in [0.1, 0.15) is 17.3 Å². The van der Waals surface area contributed by atoms with Crippen LogP contribution < -0.4 is 15.4 Å². The van der Waals surface area contributed by atoms with E-state index in [0.29, 0.717) is 27.7 Å². The first kappa shape index (κ1) is 15.9. The molecule has 0 atom stereocenters. The Kier molecular flexibility index (Phi) is 5.01. The summed E-state index contributed by atoms with van der Waals surface area (Å²) in [5.74, 6) is 0.0827. The number of amides is 2. The van der Waals surface area contributed by atoms with Gasteiger partial charge in [-0.3, -0.25) is 9.59 Å². The van der Waals surface area contributed by atoms with Gasteiger partial charge in [0.1, 0.15) is 5.75 Å². The molecule has 22 heavy (non-hydrogen) atoms. The number of rotatable bonds is 4. The summed E-state index contributed by atoms with van der Waals surface area (Å²) < 4.78 is 5.04. The second-order valence-electron chi connectivity index (χ2n) is 4.56. The molecule has 0 aliphatic rings. The van der Waals surface area contributed by atoms with Crippen LogP contribution in [0.15, 0.2) is 42.5 Å². The molecule has 0 aliphatic carbocycles. The molecule has 0 aromatic heterocycles. The molecule has 0 fully saturated rings. The van der Waals surface area contributed by atoms with E-state index in [9.17, 15) is 9.59 Å². The molecule has 6 heteroatoms. The summed E-state index contributed by atoms with van der Waals surface area (Å²) in [5, 5.41) is 5.78. The van der Waals surface area contributed by atoms with Crippen molar-refractivity contribution in [3.63, 3.8) is 0 Å². The maximum absolute atomic E-state index is 12.1. The normalized spacial score (nSPS) is 9.95. The minimum atomic E-state index is -0.281. The number of benzene rings is 2. The van der Waals surface area contributed by atoms with E-state index in [0.717, 1.165) is 0 Å². The summed E-state index contributed by atoms with van der Waals surface area (Å²) in [5.41, 5.74) is 1.71. The van der Waals surface area contributed by atoms with Crippen molar-refractivity contribution in [3.8, 4) is 5.75 Å². The fraction of sp³-hybridized carbons (Fsp3) is 0.125. The molecule has 114 valence electrons. The smallest absolute Gasteiger partial charge is 0.255 e. The highest BCUT2D eigenvalue weighted by Crippen LogP contribution is 2.25. The molecule has 0 spiro atoms. The lowest BCUT2D eigenvalue weighted by Gasteiger charge is -2.08. The average Bonchev–Trinajstić information content (AvgIpc) is 2.48. The van der Waals surface area contributed by atoms with E-state index in [1.54, 1.807) is 42.5 Å². The van der Waals surface area contributed by atoms with Crippen LogP contribution in [0.4, 0.5) is 11.4 Å². The zero-order chi connectivity index (χ0) is 16.1. The predicted octanol–water partition coefficient (Wildman–Crippen LogP) is 3.56. The van der Waals surface area contributed by atoms with Crippen LogP contribution in [0.3, 0.4) is 0 Å². The van der Waals surface area contributed by atoms with E-state index in [-0.39, 0.29) is 11.8 Å². The monoisotopic (exact) mass is 318 g/mol. The largest absolute Gasteiger partial charge is 0.495 e. The van der Waals surface area contributed by atoms with E-state index in [4.69, 9.17) is 16.3 Å². The Morgan fingerprint density at radius 2 is 1.59 bits per heavy atom. The molecule has 0 bridgehead atoms. The molecule has 0 heterocycles. The first-order chi connectivity index (χ1) is 10.5. The Morgan fingerprint density at radius 3 is 2.09 bits per heavy atom. The summed E-state index contributed by atoms with van der Waals surface area (Å²) in [7, 11) is 1.51. The third-order valence-electron chi connectivity index (χ3n) is 2.88. The first-order valence-corrected chi connectivity index (χ1v) is 6.90. The molecule has 2 aromatic rings. The fourth-order valence-electron chi connectivity index (χ4n) is 1.85. The van der Waals surface area contributed by atoms with Crippen molar-refractivity contribution in [2.75, 3.05) is 17.7 Å². The molecule has 0 aliphatic heterocycles. The number of anilines is 2. The van der Waals surface area contributed by atoms with E-state index < -0.39 is 0 Å². The van der Waals surface area contributed by atoms with Gasteiger partial charge < -0.3 is 15.4 Å². The van der Waals surface area contributed by atoms with E-state index in [1.165, 1.54) is 14.0 Å². The third kappa shape index (κ3) is 3.99. The van der Waals surface area contributed by atoms with E-state index in [1.807, 2.05) is 0 Å². The SMILES string of the molecule is COc1ccc(C(=O)Nc2ccc(NC(C)=O)cc2)cc1Cl. The molecule has 2 N–H and O–H groups in total. The van der Waals surface area contributed by atoms with Gasteiger partial charge in [0.25, 0.3) is 5.91 Å². The standard InChI is InChI=1S/C16H15ClN2O3/c1-10(20)18-12-4-6-13(7-5-12)19-16(21)11-3-8-15(22-2)14(17)9-11/h3-9H,1-2H3,(H,18,20)(H,19,21). The minimum Gasteiger partial charge on any atom is -0.495 e. The van der Waals surface area contributed by atoms with Gasteiger partial charge in [0.05, 0.1) is 12.1 Å². The molecular weight excluding hydrogens is 304 g/mol. The minimum absolute atomic E-state index is 0.148. The van der Waals surface area contributed by atoms with Gasteiger partial charge in [0.2, 0.25) is 5.91 Å². The molecule has 0 radical (unpaired) electrons. The van der Waals surface area contributed by atoms with E-state index in [2.05, 4.69) is 10.6 Å². The Bertz CT molecular complexity index is 699. The van der Waals surface area contributed by atoms with E-state index >= 15 is 0 Å². The number of hydrogen-bond donors (Lipinski definition) is 2. The number of carbonyl (C=O) groups excluding carboxylic acids is 2. The summed E-state index contributed by atoms with van der Waals surface area (Å²) in [6.07, 6.45) is 0. The van der Waals surface area contributed by atoms with Gasteiger partial charge in [-0.1, -0.05) is 11.6 Å². The fourth-order valence-corrected chi connectivity index (χ4v) is 2.11. The van der Waals surface area contributed by atoms with Crippen molar-refractivity contribution in [2.24, 2.45) is 0 Å². The number of halogens is 1. The molecule has 0 saturated heterocycles. The first-order valence-electron chi connectivity index (χ1n) is 6.52. The van der Waals surface area contributed by atoms with Crippen LogP contribution >= 0.6 is 11.6 Å². The molecule has 0 unspecified atom stereocenters. The van der Waals surface area contributed by atoms with Crippen molar-refractivity contribution in [2.45, 2.75) is 6.92 Å². The zero-order valence-corrected chi connectivity index (χ0v) is 12.9. The van der Waals surface area contributed by atoms with Crippen LogP contribution in [-0.2, 0) is 4.79 Å². The van der Waals surface area contributed by atoms with Crippen LogP contribution in [-0.4, -0.2) is 18.9 Å². The van der Waals surface area contributed by atoms with Crippen LogP contribution in [0.2, 0.25) is 5.02 Å². The van der Waals surface area contributed by atoms with Crippen LogP contribution in [0, 0.1) is 0 Å². The number of nitrogens with one attached hydrogen (secondary N) is 2. The number of methoxy groups -OCH3 is 1.